The first-order valence-corrected chi connectivity index (χ1v) is 12.8. The molecule has 0 aliphatic carbocycles. The average molecular weight is 526 g/mol. The molecule has 37 heavy (non-hydrogen) atoms. The molecule has 196 valence electrons. The first-order valence-electron chi connectivity index (χ1n) is 11.8. The number of carbonyl (C=O) groups excluding carboxylic acids is 3. The quantitative estimate of drug-likeness (QED) is 0.286. The van der Waals surface area contributed by atoms with E-state index in [2.05, 4.69) is 20.8 Å². The Morgan fingerprint density at radius 2 is 1.78 bits per heavy atom. The van der Waals surface area contributed by atoms with Crippen LogP contribution in [0.1, 0.15) is 53.4 Å². The molecule has 2 N–H and O–H groups in total. The second-order valence-corrected chi connectivity index (χ2v) is 9.40. The number of hydrogen-bond acceptors (Lipinski definition) is 8. The highest BCUT2D eigenvalue weighted by Crippen LogP contribution is 2.25. The van der Waals surface area contributed by atoms with Crippen LogP contribution in [0.4, 0.5) is 5.69 Å². The zero-order chi connectivity index (χ0) is 26.9. The molecule has 1 aromatic heterocycles. The average Bonchev–Trinajstić information content (AvgIpc) is 3.25. The minimum atomic E-state index is -0.446. The molecule has 3 aromatic rings. The van der Waals surface area contributed by atoms with Gasteiger partial charge in [-0.3, -0.25) is 9.59 Å². The van der Waals surface area contributed by atoms with E-state index in [4.69, 9.17) is 9.47 Å². The van der Waals surface area contributed by atoms with Crippen LogP contribution in [-0.4, -0.2) is 52.0 Å². The number of anilines is 1. The van der Waals surface area contributed by atoms with Crippen molar-refractivity contribution in [2.45, 2.75) is 32.0 Å². The number of carbonyl (C=O) groups is 3. The predicted molar refractivity (Wildman–Crippen MR) is 141 cm³/mol. The van der Waals surface area contributed by atoms with Crippen molar-refractivity contribution in [1.29, 1.82) is 0 Å². The molecule has 0 spiro atoms. The molecule has 10 nitrogen and oxygen atoms in total. The fraction of sp³-hybridized carbons (Fsp3) is 0.346. The van der Waals surface area contributed by atoms with E-state index in [9.17, 15) is 14.4 Å². The highest BCUT2D eigenvalue weighted by molar-refractivity contribution is 7.99. The van der Waals surface area contributed by atoms with Crippen molar-refractivity contribution in [2.24, 2.45) is 13.0 Å². The minimum Gasteiger partial charge on any atom is -0.497 e. The van der Waals surface area contributed by atoms with E-state index >= 15 is 0 Å². The predicted octanol–water partition coefficient (Wildman–Crippen LogP) is 3.86. The summed E-state index contributed by atoms with van der Waals surface area (Å²) in [5, 5.41) is 14.9. The van der Waals surface area contributed by atoms with Crippen molar-refractivity contribution < 1.29 is 23.9 Å². The second-order valence-electron chi connectivity index (χ2n) is 8.46. The van der Waals surface area contributed by atoms with Crippen LogP contribution in [0.3, 0.4) is 0 Å². The molecule has 2 amide bonds. The Bertz CT molecular complexity index is 1240. The van der Waals surface area contributed by atoms with Crippen LogP contribution in [-0.2, 0) is 16.6 Å². The number of hydrogen-bond donors (Lipinski definition) is 2. The van der Waals surface area contributed by atoms with Crippen molar-refractivity contribution in [3.63, 3.8) is 0 Å². The Kier molecular flexibility index (Phi) is 9.67. The van der Waals surface area contributed by atoms with Gasteiger partial charge in [0, 0.05) is 18.3 Å². The van der Waals surface area contributed by atoms with Gasteiger partial charge in [0.25, 0.3) is 5.91 Å². The molecule has 0 fully saturated rings. The largest absolute Gasteiger partial charge is 0.497 e. The van der Waals surface area contributed by atoms with Gasteiger partial charge in [-0.25, -0.2) is 4.79 Å². The second kappa shape index (κ2) is 12.9. The molecular formula is C26H31N5O5S. The number of esters is 1. The zero-order valence-electron chi connectivity index (χ0n) is 21.5. The lowest BCUT2D eigenvalue weighted by atomic mass is 10.0. The Morgan fingerprint density at radius 3 is 2.43 bits per heavy atom. The van der Waals surface area contributed by atoms with E-state index in [0.717, 1.165) is 0 Å². The molecule has 0 radical (unpaired) electrons. The first-order chi connectivity index (χ1) is 17.7. The normalized spacial score (nSPS) is 11.6. The minimum absolute atomic E-state index is 0.0397. The van der Waals surface area contributed by atoms with E-state index in [-0.39, 0.29) is 36.1 Å². The molecule has 1 atom stereocenters. The fourth-order valence-corrected chi connectivity index (χ4v) is 4.20. The van der Waals surface area contributed by atoms with Crippen molar-refractivity contribution in [3.8, 4) is 5.75 Å². The molecule has 1 heterocycles. The highest BCUT2D eigenvalue weighted by atomic mass is 32.2. The van der Waals surface area contributed by atoms with E-state index in [0.29, 0.717) is 33.5 Å². The smallest absolute Gasteiger partial charge is 0.338 e. The van der Waals surface area contributed by atoms with Gasteiger partial charge in [0.15, 0.2) is 11.0 Å². The zero-order valence-corrected chi connectivity index (χ0v) is 22.3. The third-order valence-corrected chi connectivity index (χ3v) is 6.46. The number of amides is 2. The number of benzene rings is 2. The number of aromatic nitrogens is 3. The van der Waals surface area contributed by atoms with Crippen LogP contribution in [0.15, 0.2) is 53.7 Å². The summed E-state index contributed by atoms with van der Waals surface area (Å²) in [4.78, 5) is 37.3. The van der Waals surface area contributed by atoms with Gasteiger partial charge in [-0.2, -0.15) is 0 Å². The third-order valence-electron chi connectivity index (χ3n) is 5.44. The van der Waals surface area contributed by atoms with Crippen molar-refractivity contribution in [1.82, 2.24) is 20.1 Å². The Balaban J connectivity index is 1.63. The number of nitrogens with zero attached hydrogens (tertiary/aromatic N) is 3. The molecule has 0 aliphatic heterocycles. The van der Waals surface area contributed by atoms with Crippen LogP contribution >= 0.6 is 11.8 Å². The standard InChI is InChI=1S/C26H31N5O5S/c1-6-36-25(34)18-8-7-9-19(14-18)27-21(32)15-37-26-30-29-23(31(26)4)22(16(2)3)28-24(33)17-10-12-20(35-5)13-11-17/h7-14,16,22H,6,15H2,1-5H3,(H,27,32)(H,28,33)/t22-/m1/s1. The van der Waals surface area contributed by atoms with Gasteiger partial charge in [-0.05, 0) is 55.3 Å². The van der Waals surface area contributed by atoms with E-state index in [1.54, 1.807) is 74.2 Å². The summed E-state index contributed by atoms with van der Waals surface area (Å²) in [6, 6.07) is 13.0. The van der Waals surface area contributed by atoms with Gasteiger partial charge in [0.05, 0.1) is 31.1 Å². The van der Waals surface area contributed by atoms with E-state index in [1.807, 2.05) is 13.8 Å². The molecule has 3 rings (SSSR count). The van der Waals surface area contributed by atoms with Gasteiger partial charge in [-0.15, -0.1) is 10.2 Å². The monoisotopic (exact) mass is 525 g/mol. The summed E-state index contributed by atoms with van der Waals surface area (Å²) in [5.41, 5.74) is 1.37. The summed E-state index contributed by atoms with van der Waals surface area (Å²) < 4.78 is 11.9. The maximum atomic E-state index is 12.8. The lowest BCUT2D eigenvalue weighted by molar-refractivity contribution is -0.113. The number of rotatable bonds is 11. The summed E-state index contributed by atoms with van der Waals surface area (Å²) >= 11 is 1.22. The molecule has 0 unspecified atom stereocenters. The van der Waals surface area contributed by atoms with Gasteiger partial charge in [-0.1, -0.05) is 31.7 Å². The summed E-state index contributed by atoms with van der Waals surface area (Å²) in [5.74, 6) is 0.438. The Morgan fingerprint density at radius 1 is 1.05 bits per heavy atom. The third kappa shape index (κ3) is 7.32. The van der Waals surface area contributed by atoms with Crippen LogP contribution in [0.2, 0.25) is 0 Å². The molecule has 0 saturated heterocycles. The molecular weight excluding hydrogens is 494 g/mol. The van der Waals surface area contributed by atoms with Crippen molar-refractivity contribution in [2.75, 3.05) is 24.8 Å². The first kappa shape index (κ1) is 27.7. The number of thioether (sulfide) groups is 1. The van der Waals surface area contributed by atoms with Crippen LogP contribution in [0.5, 0.6) is 5.75 Å². The summed E-state index contributed by atoms with van der Waals surface area (Å²) in [6.45, 7) is 5.97. The summed E-state index contributed by atoms with van der Waals surface area (Å²) in [7, 11) is 3.37. The van der Waals surface area contributed by atoms with Gasteiger partial charge >= 0.3 is 5.97 Å². The Hall–Kier alpha value is -3.86. The fourth-order valence-electron chi connectivity index (χ4n) is 3.48. The molecule has 0 saturated carbocycles. The molecule has 2 aromatic carbocycles. The van der Waals surface area contributed by atoms with Crippen molar-refractivity contribution in [3.05, 3.63) is 65.5 Å². The van der Waals surface area contributed by atoms with Crippen LogP contribution in [0, 0.1) is 5.92 Å². The Labute approximate surface area is 220 Å². The lowest BCUT2D eigenvalue weighted by Crippen LogP contribution is -2.33. The lowest BCUT2D eigenvalue weighted by Gasteiger charge is -2.21. The van der Waals surface area contributed by atoms with Gasteiger partial charge in [0.2, 0.25) is 5.91 Å². The van der Waals surface area contributed by atoms with Crippen LogP contribution < -0.4 is 15.4 Å². The molecule has 11 heteroatoms. The van der Waals surface area contributed by atoms with Gasteiger partial charge < -0.3 is 24.7 Å². The van der Waals surface area contributed by atoms with Crippen molar-refractivity contribution >= 4 is 35.2 Å². The highest BCUT2D eigenvalue weighted by Gasteiger charge is 2.25. The number of ether oxygens (including phenoxy) is 2. The van der Waals surface area contributed by atoms with Gasteiger partial charge in [0.1, 0.15) is 5.75 Å². The topological polar surface area (TPSA) is 124 Å². The maximum Gasteiger partial charge on any atom is 0.338 e. The van der Waals surface area contributed by atoms with Crippen LogP contribution in [0.25, 0.3) is 0 Å². The maximum absolute atomic E-state index is 12.8. The molecule has 0 bridgehead atoms. The van der Waals surface area contributed by atoms with E-state index in [1.165, 1.54) is 11.8 Å². The number of nitrogens with one attached hydrogen (secondary N) is 2. The van der Waals surface area contributed by atoms with E-state index < -0.39 is 5.97 Å². The summed E-state index contributed by atoms with van der Waals surface area (Å²) in [6.07, 6.45) is 0. The SMILES string of the molecule is CCOC(=O)c1cccc(NC(=O)CSc2nnc([C@H](NC(=O)c3ccc(OC)cc3)C(C)C)n2C)c1. The number of methoxy groups -OCH3 is 1. The molecule has 0 aliphatic rings.